The molecule has 41 heavy (non-hydrogen) atoms. The first-order valence-corrected chi connectivity index (χ1v) is 14.9. The number of nitrogens with zero attached hydrogens (tertiary/aromatic N) is 6. The average molecular weight is 548 g/mol. The minimum absolute atomic E-state index is 0.315. The molecule has 0 aliphatic carbocycles. The Kier molecular flexibility index (Phi) is 6.69. The van der Waals surface area contributed by atoms with Gasteiger partial charge < -0.3 is 19.3 Å². The maximum Gasteiger partial charge on any atom is 0.223 e. The van der Waals surface area contributed by atoms with Gasteiger partial charge in [0.2, 0.25) is 11.7 Å². The second kappa shape index (κ2) is 10.7. The third kappa shape index (κ3) is 5.19. The standard InChI is InChI=1S/C33H37N7O/c1-21(2)33-37-29-11-10-28(36-27-12-15-39(16-13-27)31-5-4-14-34-31)19-30(29)40(33)20-23-6-7-24-8-9-25(18-26(24)17-23)32-35-22(3)41-38-32/h6-11,17-19,21,27,36H,4-5,12-16,20H2,1-3H3. The van der Waals surface area contributed by atoms with Gasteiger partial charge >= 0.3 is 0 Å². The number of piperidine rings is 1. The Morgan fingerprint density at radius 3 is 2.59 bits per heavy atom. The van der Waals surface area contributed by atoms with Crippen molar-refractivity contribution in [2.24, 2.45) is 4.99 Å². The molecule has 0 amide bonds. The van der Waals surface area contributed by atoms with Crippen molar-refractivity contribution in [1.29, 1.82) is 0 Å². The molecule has 1 N–H and O–H groups in total. The highest BCUT2D eigenvalue weighted by atomic mass is 16.5. The summed E-state index contributed by atoms with van der Waals surface area (Å²) in [6, 6.07) is 20.1. The zero-order valence-electron chi connectivity index (χ0n) is 24.1. The molecule has 0 unspecified atom stereocenters. The summed E-state index contributed by atoms with van der Waals surface area (Å²) in [6.07, 6.45) is 4.62. The topological polar surface area (TPSA) is 84.4 Å². The van der Waals surface area contributed by atoms with Crippen molar-refractivity contribution in [2.75, 3.05) is 25.0 Å². The smallest absolute Gasteiger partial charge is 0.223 e. The van der Waals surface area contributed by atoms with Crippen molar-refractivity contribution in [3.63, 3.8) is 0 Å². The number of amidine groups is 1. The summed E-state index contributed by atoms with van der Waals surface area (Å²) in [5, 5.41) is 10.3. The molecule has 2 aliphatic rings. The van der Waals surface area contributed by atoms with Crippen molar-refractivity contribution in [3.05, 3.63) is 71.9 Å². The summed E-state index contributed by atoms with van der Waals surface area (Å²) in [7, 11) is 0. The number of nitrogens with one attached hydrogen (secondary N) is 1. The van der Waals surface area contributed by atoms with E-state index in [1.165, 1.54) is 34.4 Å². The molecule has 2 aliphatic heterocycles. The molecule has 4 heterocycles. The molecule has 1 fully saturated rings. The van der Waals surface area contributed by atoms with Crippen molar-refractivity contribution in [2.45, 2.75) is 65.0 Å². The van der Waals surface area contributed by atoms with Gasteiger partial charge in [-0.05, 0) is 65.9 Å². The minimum Gasteiger partial charge on any atom is -0.382 e. The number of rotatable bonds is 6. The Bertz CT molecular complexity index is 1740. The largest absolute Gasteiger partial charge is 0.382 e. The number of aliphatic imine (C=N–C) groups is 1. The van der Waals surface area contributed by atoms with Gasteiger partial charge in [0.1, 0.15) is 5.82 Å². The number of aromatic nitrogens is 4. The molecule has 2 aromatic heterocycles. The van der Waals surface area contributed by atoms with Crippen LogP contribution in [0.15, 0.2) is 64.1 Å². The van der Waals surface area contributed by atoms with E-state index in [0.29, 0.717) is 23.7 Å². The Morgan fingerprint density at radius 2 is 1.83 bits per heavy atom. The molecule has 1 saturated heterocycles. The first kappa shape index (κ1) is 25.7. The van der Waals surface area contributed by atoms with Crippen LogP contribution in [0, 0.1) is 6.92 Å². The fourth-order valence-electron chi connectivity index (χ4n) is 6.27. The summed E-state index contributed by atoms with van der Waals surface area (Å²) in [6.45, 7) is 10.2. The van der Waals surface area contributed by atoms with Crippen LogP contribution in [-0.2, 0) is 6.54 Å². The number of anilines is 1. The molecule has 210 valence electrons. The van der Waals surface area contributed by atoms with E-state index in [4.69, 9.17) is 14.5 Å². The first-order chi connectivity index (χ1) is 20.0. The van der Waals surface area contributed by atoms with E-state index in [0.717, 1.165) is 67.7 Å². The second-order valence-electron chi connectivity index (χ2n) is 11.8. The molecule has 8 heteroatoms. The second-order valence-corrected chi connectivity index (χ2v) is 11.8. The number of imidazole rings is 1. The number of hydrogen-bond donors (Lipinski definition) is 1. The highest BCUT2D eigenvalue weighted by Crippen LogP contribution is 2.29. The minimum atomic E-state index is 0.315. The van der Waals surface area contributed by atoms with E-state index in [9.17, 15) is 0 Å². The van der Waals surface area contributed by atoms with Gasteiger partial charge in [-0.15, -0.1) is 0 Å². The Hall–Kier alpha value is -4.20. The Labute approximate surface area is 240 Å². The number of hydrogen-bond acceptors (Lipinski definition) is 7. The summed E-state index contributed by atoms with van der Waals surface area (Å²) in [5.74, 6) is 3.94. The van der Waals surface area contributed by atoms with Crippen LogP contribution >= 0.6 is 0 Å². The highest BCUT2D eigenvalue weighted by molar-refractivity contribution is 5.87. The number of likely N-dealkylation sites (tertiary alicyclic amines) is 1. The number of fused-ring (bicyclic) bond motifs is 2. The monoisotopic (exact) mass is 547 g/mol. The maximum absolute atomic E-state index is 5.20. The van der Waals surface area contributed by atoms with Gasteiger partial charge in [-0.2, -0.15) is 4.98 Å². The van der Waals surface area contributed by atoms with Crippen molar-refractivity contribution >= 4 is 33.3 Å². The average Bonchev–Trinajstić information content (AvgIpc) is 3.74. The zero-order chi connectivity index (χ0) is 27.9. The Balaban J connectivity index is 1.15. The zero-order valence-corrected chi connectivity index (χ0v) is 24.1. The lowest BCUT2D eigenvalue weighted by molar-refractivity contribution is 0.320. The summed E-state index contributed by atoms with van der Waals surface area (Å²) >= 11 is 0. The van der Waals surface area contributed by atoms with E-state index < -0.39 is 0 Å². The van der Waals surface area contributed by atoms with Crippen molar-refractivity contribution < 1.29 is 4.52 Å². The molecule has 7 rings (SSSR count). The SMILES string of the molecule is Cc1nc(-c2ccc3ccc(Cn4c(C(C)C)nc5ccc(NC6CCN(C7=NCCC7)CC6)cc54)cc3c2)no1. The van der Waals surface area contributed by atoms with Crippen LogP contribution in [0.4, 0.5) is 5.69 Å². The molecule has 0 atom stereocenters. The third-order valence-electron chi connectivity index (χ3n) is 8.41. The van der Waals surface area contributed by atoms with E-state index >= 15 is 0 Å². The van der Waals surface area contributed by atoms with E-state index in [-0.39, 0.29) is 0 Å². The Morgan fingerprint density at radius 1 is 0.976 bits per heavy atom. The highest BCUT2D eigenvalue weighted by Gasteiger charge is 2.23. The van der Waals surface area contributed by atoms with Crippen LogP contribution in [0.25, 0.3) is 33.2 Å². The molecular formula is C33H37N7O. The molecule has 3 aromatic carbocycles. The van der Waals surface area contributed by atoms with E-state index in [2.05, 4.69) is 87.3 Å². The quantitative estimate of drug-likeness (QED) is 0.252. The molecule has 0 saturated carbocycles. The van der Waals surface area contributed by atoms with Crippen LogP contribution < -0.4 is 5.32 Å². The van der Waals surface area contributed by atoms with Gasteiger partial charge in [0, 0.05) is 62.7 Å². The predicted octanol–water partition coefficient (Wildman–Crippen LogP) is 6.79. The summed E-state index contributed by atoms with van der Waals surface area (Å²) < 4.78 is 7.59. The van der Waals surface area contributed by atoms with Crippen LogP contribution in [0.5, 0.6) is 0 Å². The normalized spacial score (nSPS) is 16.3. The first-order valence-electron chi connectivity index (χ1n) is 14.9. The van der Waals surface area contributed by atoms with Gasteiger partial charge in [0.15, 0.2) is 0 Å². The lowest BCUT2D eigenvalue weighted by Gasteiger charge is -2.34. The fourth-order valence-corrected chi connectivity index (χ4v) is 6.27. The molecule has 8 nitrogen and oxygen atoms in total. The van der Waals surface area contributed by atoms with Crippen LogP contribution in [-0.4, -0.2) is 56.1 Å². The van der Waals surface area contributed by atoms with Gasteiger partial charge in [-0.25, -0.2) is 4.98 Å². The summed E-state index contributed by atoms with van der Waals surface area (Å²) in [5.41, 5.74) is 5.58. The lowest BCUT2D eigenvalue weighted by atomic mass is 10.0. The number of benzene rings is 3. The van der Waals surface area contributed by atoms with Crippen molar-refractivity contribution in [3.8, 4) is 11.4 Å². The van der Waals surface area contributed by atoms with Gasteiger partial charge in [0.25, 0.3) is 0 Å². The van der Waals surface area contributed by atoms with E-state index in [1.807, 2.05) is 13.0 Å². The maximum atomic E-state index is 5.20. The van der Waals surface area contributed by atoms with Crippen LogP contribution in [0.3, 0.4) is 0 Å². The fraction of sp³-hybridized carbons (Fsp3) is 0.394. The molecular weight excluding hydrogens is 510 g/mol. The van der Waals surface area contributed by atoms with Crippen LogP contribution in [0.1, 0.15) is 62.7 Å². The molecule has 0 radical (unpaired) electrons. The van der Waals surface area contributed by atoms with Gasteiger partial charge in [0.05, 0.1) is 16.9 Å². The van der Waals surface area contributed by atoms with Crippen molar-refractivity contribution in [1.82, 2.24) is 24.6 Å². The number of aryl methyl sites for hydroxylation is 1. The molecule has 0 bridgehead atoms. The lowest BCUT2D eigenvalue weighted by Crippen LogP contribution is -2.41. The molecule has 0 spiro atoms. The van der Waals surface area contributed by atoms with Gasteiger partial charge in [-0.3, -0.25) is 4.99 Å². The predicted molar refractivity (Wildman–Crippen MR) is 165 cm³/mol. The van der Waals surface area contributed by atoms with E-state index in [1.54, 1.807) is 0 Å². The third-order valence-corrected chi connectivity index (χ3v) is 8.41. The summed E-state index contributed by atoms with van der Waals surface area (Å²) in [4.78, 5) is 16.7. The molecule has 5 aromatic rings. The van der Waals surface area contributed by atoms with Crippen LogP contribution in [0.2, 0.25) is 0 Å². The van der Waals surface area contributed by atoms with Gasteiger partial charge in [-0.1, -0.05) is 43.3 Å².